The lowest BCUT2D eigenvalue weighted by molar-refractivity contribution is -0.116. The van der Waals surface area contributed by atoms with Gasteiger partial charge >= 0.3 is 0 Å². The Labute approximate surface area is 163 Å². The van der Waals surface area contributed by atoms with Crippen LogP contribution in [0.5, 0.6) is 11.5 Å². The Hall–Kier alpha value is -3.28. The van der Waals surface area contributed by atoms with Crippen molar-refractivity contribution in [1.82, 2.24) is 4.98 Å². The van der Waals surface area contributed by atoms with E-state index in [0.717, 1.165) is 17.4 Å². The monoisotopic (exact) mass is 380 g/mol. The maximum absolute atomic E-state index is 12.3. The van der Waals surface area contributed by atoms with Gasteiger partial charge in [0.2, 0.25) is 5.91 Å². The van der Waals surface area contributed by atoms with E-state index >= 15 is 0 Å². The molecule has 0 fully saturated rings. The van der Waals surface area contributed by atoms with Crippen molar-refractivity contribution in [3.63, 3.8) is 0 Å². The summed E-state index contributed by atoms with van der Waals surface area (Å²) >= 11 is 0. The molecule has 3 aromatic rings. The molecule has 6 heteroatoms. The van der Waals surface area contributed by atoms with E-state index in [1.165, 1.54) is 0 Å². The van der Waals surface area contributed by atoms with E-state index in [9.17, 15) is 9.59 Å². The molecule has 28 heavy (non-hydrogen) atoms. The number of aromatic nitrogens is 1. The van der Waals surface area contributed by atoms with Crippen molar-refractivity contribution in [2.45, 2.75) is 26.2 Å². The van der Waals surface area contributed by atoms with Crippen LogP contribution in [0.1, 0.15) is 24.0 Å². The number of pyridine rings is 1. The van der Waals surface area contributed by atoms with E-state index in [-0.39, 0.29) is 11.5 Å². The van der Waals surface area contributed by atoms with Gasteiger partial charge in [-0.2, -0.15) is 0 Å². The van der Waals surface area contributed by atoms with Gasteiger partial charge in [-0.3, -0.25) is 9.59 Å². The summed E-state index contributed by atoms with van der Waals surface area (Å²) in [5, 5.41) is 3.82. The minimum absolute atomic E-state index is 0.0608. The lowest BCUT2D eigenvalue weighted by atomic mass is 10.1. The van der Waals surface area contributed by atoms with E-state index in [0.29, 0.717) is 41.1 Å². The van der Waals surface area contributed by atoms with Crippen LogP contribution in [0.15, 0.2) is 47.3 Å². The van der Waals surface area contributed by atoms with Crippen molar-refractivity contribution in [3.05, 3.63) is 63.9 Å². The summed E-state index contributed by atoms with van der Waals surface area (Å²) in [4.78, 5) is 26.9. The quantitative estimate of drug-likeness (QED) is 0.653. The van der Waals surface area contributed by atoms with Gasteiger partial charge in [0.05, 0.1) is 19.7 Å². The molecule has 0 bridgehead atoms. The minimum Gasteiger partial charge on any atom is -0.493 e. The zero-order valence-corrected chi connectivity index (χ0v) is 16.3. The first-order chi connectivity index (χ1) is 13.5. The van der Waals surface area contributed by atoms with Crippen LogP contribution in [-0.4, -0.2) is 25.1 Å². The molecule has 1 aromatic heterocycles. The van der Waals surface area contributed by atoms with Gasteiger partial charge in [-0.25, -0.2) is 0 Å². The van der Waals surface area contributed by atoms with Gasteiger partial charge in [-0.05, 0) is 61.0 Å². The molecule has 6 nitrogen and oxygen atoms in total. The average molecular weight is 380 g/mol. The number of carbonyl (C=O) groups excluding carboxylic acids is 1. The Morgan fingerprint density at radius 1 is 1.04 bits per heavy atom. The predicted molar refractivity (Wildman–Crippen MR) is 110 cm³/mol. The molecule has 0 aliphatic heterocycles. The van der Waals surface area contributed by atoms with Crippen LogP contribution in [0.4, 0.5) is 5.69 Å². The Kier molecular flexibility index (Phi) is 5.99. The molecule has 3 rings (SSSR count). The summed E-state index contributed by atoms with van der Waals surface area (Å²) < 4.78 is 10.5. The van der Waals surface area contributed by atoms with Crippen LogP contribution in [0.2, 0.25) is 0 Å². The molecular weight excluding hydrogens is 356 g/mol. The summed E-state index contributed by atoms with van der Waals surface area (Å²) in [5.74, 6) is 1.31. The summed E-state index contributed by atoms with van der Waals surface area (Å²) in [6.45, 7) is 1.77. The summed E-state index contributed by atoms with van der Waals surface area (Å²) in [7, 11) is 3.21. The third-order valence-electron chi connectivity index (χ3n) is 4.63. The molecule has 0 saturated heterocycles. The van der Waals surface area contributed by atoms with Crippen LogP contribution < -0.4 is 20.3 Å². The van der Waals surface area contributed by atoms with Crippen molar-refractivity contribution in [2.24, 2.45) is 0 Å². The molecular formula is C22H24N2O4. The number of nitrogens with one attached hydrogen (secondary N) is 2. The van der Waals surface area contributed by atoms with E-state index in [1.54, 1.807) is 27.2 Å². The number of aromatic amines is 1. The van der Waals surface area contributed by atoms with E-state index in [1.807, 2.05) is 36.4 Å². The lowest BCUT2D eigenvalue weighted by Crippen LogP contribution is -2.12. The van der Waals surface area contributed by atoms with Crippen molar-refractivity contribution >= 4 is 22.5 Å². The fraction of sp³-hybridized carbons (Fsp3) is 0.273. The number of methoxy groups -OCH3 is 2. The second kappa shape index (κ2) is 8.61. The standard InChI is InChI=1S/C22H24N2O4/c1-14-11-16-8-9-17(13-18(16)24-22(14)26)23-21(25)6-4-5-15-7-10-19(27-2)20(12-15)28-3/h7-13H,4-6H2,1-3H3,(H,23,25)(H,24,26). The van der Waals surface area contributed by atoms with E-state index < -0.39 is 0 Å². The fourth-order valence-electron chi connectivity index (χ4n) is 3.10. The van der Waals surface area contributed by atoms with Crippen molar-refractivity contribution in [1.29, 1.82) is 0 Å². The summed E-state index contributed by atoms with van der Waals surface area (Å²) in [5.41, 5.74) is 3.01. The number of hydrogen-bond donors (Lipinski definition) is 2. The smallest absolute Gasteiger partial charge is 0.251 e. The second-order valence-corrected chi connectivity index (χ2v) is 6.67. The highest BCUT2D eigenvalue weighted by molar-refractivity contribution is 5.93. The number of carbonyl (C=O) groups is 1. The summed E-state index contributed by atoms with van der Waals surface area (Å²) in [6.07, 6.45) is 1.87. The highest BCUT2D eigenvalue weighted by Gasteiger charge is 2.07. The fourth-order valence-corrected chi connectivity index (χ4v) is 3.10. The number of H-pyrrole nitrogens is 1. The van der Waals surface area contributed by atoms with Crippen molar-refractivity contribution < 1.29 is 14.3 Å². The molecule has 0 radical (unpaired) electrons. The Balaban J connectivity index is 1.58. The number of aryl methyl sites for hydroxylation is 2. The van der Waals surface area contributed by atoms with Crippen LogP contribution >= 0.6 is 0 Å². The van der Waals surface area contributed by atoms with Gasteiger partial charge in [0, 0.05) is 17.7 Å². The van der Waals surface area contributed by atoms with Gasteiger partial charge in [-0.15, -0.1) is 0 Å². The van der Waals surface area contributed by atoms with Crippen LogP contribution in [0, 0.1) is 6.92 Å². The number of rotatable bonds is 7. The molecule has 146 valence electrons. The Morgan fingerprint density at radius 3 is 2.57 bits per heavy atom. The molecule has 0 aliphatic rings. The van der Waals surface area contributed by atoms with Crippen LogP contribution in [-0.2, 0) is 11.2 Å². The molecule has 2 N–H and O–H groups in total. The predicted octanol–water partition coefficient (Wildman–Crippen LogP) is 3.82. The number of hydrogen-bond acceptors (Lipinski definition) is 4. The number of benzene rings is 2. The second-order valence-electron chi connectivity index (χ2n) is 6.67. The SMILES string of the molecule is COc1ccc(CCCC(=O)Nc2ccc3cc(C)c(=O)[nH]c3c2)cc1OC. The number of amides is 1. The molecule has 0 atom stereocenters. The third-order valence-corrected chi connectivity index (χ3v) is 4.63. The zero-order chi connectivity index (χ0) is 20.1. The van der Waals surface area contributed by atoms with Crippen LogP contribution in [0.25, 0.3) is 10.9 Å². The van der Waals surface area contributed by atoms with Crippen LogP contribution in [0.3, 0.4) is 0 Å². The number of ether oxygens (including phenoxy) is 2. The largest absolute Gasteiger partial charge is 0.493 e. The van der Waals surface area contributed by atoms with Gasteiger partial charge in [0.25, 0.3) is 5.56 Å². The van der Waals surface area contributed by atoms with Gasteiger partial charge < -0.3 is 19.8 Å². The number of anilines is 1. The molecule has 2 aromatic carbocycles. The Morgan fingerprint density at radius 2 is 1.82 bits per heavy atom. The average Bonchev–Trinajstić information content (AvgIpc) is 2.69. The number of fused-ring (bicyclic) bond motifs is 1. The molecule has 1 heterocycles. The lowest BCUT2D eigenvalue weighted by Gasteiger charge is -2.10. The Bertz CT molecular complexity index is 1060. The molecule has 0 saturated carbocycles. The molecule has 0 unspecified atom stereocenters. The zero-order valence-electron chi connectivity index (χ0n) is 16.3. The van der Waals surface area contributed by atoms with Crippen molar-refractivity contribution in [2.75, 3.05) is 19.5 Å². The normalized spacial score (nSPS) is 10.7. The van der Waals surface area contributed by atoms with E-state index in [2.05, 4.69) is 10.3 Å². The van der Waals surface area contributed by atoms with E-state index in [4.69, 9.17) is 9.47 Å². The van der Waals surface area contributed by atoms with Gasteiger partial charge in [0.1, 0.15) is 0 Å². The van der Waals surface area contributed by atoms with Gasteiger partial charge in [0.15, 0.2) is 11.5 Å². The third kappa shape index (κ3) is 4.52. The first-order valence-electron chi connectivity index (χ1n) is 9.14. The maximum Gasteiger partial charge on any atom is 0.251 e. The van der Waals surface area contributed by atoms with Crippen molar-refractivity contribution in [3.8, 4) is 11.5 Å². The minimum atomic E-state index is -0.120. The van der Waals surface area contributed by atoms with Gasteiger partial charge in [-0.1, -0.05) is 12.1 Å². The first-order valence-corrected chi connectivity index (χ1v) is 9.14. The topological polar surface area (TPSA) is 80.4 Å². The highest BCUT2D eigenvalue weighted by Crippen LogP contribution is 2.28. The molecule has 0 spiro atoms. The summed E-state index contributed by atoms with van der Waals surface area (Å²) in [6, 6.07) is 13.1. The molecule has 1 amide bonds. The highest BCUT2D eigenvalue weighted by atomic mass is 16.5. The first kappa shape index (κ1) is 19.5. The molecule has 0 aliphatic carbocycles. The maximum atomic E-state index is 12.3.